The number of amides is 1. The standard InChI is InChI=1S/C34H36BF5N2O6/c1-32(2)33(3,4)48-35(47-32)23-14-13-20(22-12-9-15-46-28(22)23)16-26(31(44)45-5)42-30(43)27-24(36)17-21(18-25(27)37)41-29(34(38,39)40)19-10-7-6-8-11-19/h6-8,10-11,13-14,17-18,26,29,41H,9,12,15-16H2,1-5H3,(H,42,43)/t26-,29+/m0/s1. The van der Waals surface area contributed by atoms with Gasteiger partial charge in [-0.3, -0.25) is 4.79 Å². The number of rotatable bonds is 9. The van der Waals surface area contributed by atoms with E-state index in [0.717, 1.165) is 12.7 Å². The fourth-order valence-corrected chi connectivity index (χ4v) is 5.73. The number of halogens is 5. The van der Waals surface area contributed by atoms with E-state index >= 15 is 8.78 Å². The fourth-order valence-electron chi connectivity index (χ4n) is 5.73. The van der Waals surface area contributed by atoms with E-state index in [9.17, 15) is 22.8 Å². The summed E-state index contributed by atoms with van der Waals surface area (Å²) in [6.07, 6.45) is -3.65. The van der Waals surface area contributed by atoms with Gasteiger partial charge in [-0.05, 0) is 69.4 Å². The third-order valence-corrected chi connectivity index (χ3v) is 8.97. The minimum atomic E-state index is -4.80. The van der Waals surface area contributed by atoms with E-state index in [1.165, 1.54) is 30.3 Å². The predicted octanol–water partition coefficient (Wildman–Crippen LogP) is 5.82. The summed E-state index contributed by atoms with van der Waals surface area (Å²) in [5.74, 6) is -4.48. The number of nitrogens with one attached hydrogen (secondary N) is 2. The van der Waals surface area contributed by atoms with Crippen molar-refractivity contribution in [3.63, 3.8) is 0 Å². The molecule has 0 bridgehead atoms. The maximum atomic E-state index is 15.2. The Labute approximate surface area is 275 Å². The Kier molecular flexibility index (Phi) is 9.80. The summed E-state index contributed by atoms with van der Waals surface area (Å²) in [4.78, 5) is 26.0. The molecule has 1 fully saturated rings. The maximum Gasteiger partial charge on any atom is 0.498 e. The Morgan fingerprint density at radius 2 is 1.60 bits per heavy atom. The first-order valence-electron chi connectivity index (χ1n) is 15.4. The lowest BCUT2D eigenvalue weighted by Crippen LogP contribution is -2.44. The monoisotopic (exact) mass is 674 g/mol. The Balaban J connectivity index is 1.39. The Hall–Kier alpha value is -4.17. The normalized spacial score (nSPS) is 17.9. The number of carbonyl (C=O) groups is 2. The predicted molar refractivity (Wildman–Crippen MR) is 168 cm³/mol. The number of carbonyl (C=O) groups excluding carboxylic acids is 2. The lowest BCUT2D eigenvalue weighted by molar-refractivity contribution is -0.144. The molecule has 0 aliphatic carbocycles. The molecular weight excluding hydrogens is 638 g/mol. The van der Waals surface area contributed by atoms with Crippen molar-refractivity contribution < 1.29 is 50.3 Å². The van der Waals surface area contributed by atoms with Gasteiger partial charge in [-0.2, -0.15) is 13.2 Å². The van der Waals surface area contributed by atoms with E-state index in [4.69, 9.17) is 18.8 Å². The number of anilines is 1. The van der Waals surface area contributed by atoms with Gasteiger partial charge in [0.1, 0.15) is 35.0 Å². The molecule has 3 aromatic carbocycles. The molecule has 2 aliphatic heterocycles. The summed E-state index contributed by atoms with van der Waals surface area (Å²) in [6.45, 7) is 8.16. The lowest BCUT2D eigenvalue weighted by atomic mass is 9.75. The molecule has 0 saturated carbocycles. The summed E-state index contributed by atoms with van der Waals surface area (Å²) in [5, 5.41) is 4.44. The van der Waals surface area contributed by atoms with Crippen molar-refractivity contribution >= 4 is 30.1 Å². The van der Waals surface area contributed by atoms with Crippen molar-refractivity contribution in [1.82, 2.24) is 5.32 Å². The molecule has 0 unspecified atom stereocenters. The summed E-state index contributed by atoms with van der Waals surface area (Å²) in [5.41, 5.74) is -0.918. The molecule has 48 heavy (non-hydrogen) atoms. The number of benzene rings is 3. The molecule has 3 aromatic rings. The molecular formula is C34H36BF5N2O6. The zero-order chi connectivity index (χ0) is 35.0. The second-order valence-corrected chi connectivity index (χ2v) is 12.8. The molecule has 1 amide bonds. The van der Waals surface area contributed by atoms with Gasteiger partial charge in [-0.1, -0.05) is 42.5 Å². The average Bonchev–Trinajstić information content (AvgIpc) is 3.24. The highest BCUT2D eigenvalue weighted by Crippen LogP contribution is 2.39. The summed E-state index contributed by atoms with van der Waals surface area (Å²) in [7, 11) is 0.391. The van der Waals surface area contributed by atoms with Crippen molar-refractivity contribution in [2.24, 2.45) is 0 Å². The molecule has 2 atom stereocenters. The van der Waals surface area contributed by atoms with Crippen LogP contribution in [-0.2, 0) is 31.7 Å². The summed E-state index contributed by atoms with van der Waals surface area (Å²) in [6, 6.07) is 7.83. The van der Waals surface area contributed by atoms with E-state index in [1.54, 1.807) is 12.1 Å². The smallest absolute Gasteiger partial charge is 0.494 e. The zero-order valence-corrected chi connectivity index (χ0v) is 27.1. The van der Waals surface area contributed by atoms with Crippen LogP contribution in [0.2, 0.25) is 0 Å². The zero-order valence-electron chi connectivity index (χ0n) is 27.1. The van der Waals surface area contributed by atoms with E-state index in [-0.39, 0.29) is 12.0 Å². The van der Waals surface area contributed by atoms with Crippen LogP contribution in [-0.4, -0.2) is 56.1 Å². The first kappa shape index (κ1) is 35.2. The summed E-state index contributed by atoms with van der Waals surface area (Å²) >= 11 is 0. The van der Waals surface area contributed by atoms with Gasteiger partial charge in [-0.25, -0.2) is 13.6 Å². The van der Waals surface area contributed by atoms with E-state index in [1.807, 2.05) is 27.7 Å². The Morgan fingerprint density at radius 1 is 0.979 bits per heavy atom. The number of esters is 1. The van der Waals surface area contributed by atoms with Crippen LogP contribution in [0, 0.1) is 11.6 Å². The molecule has 8 nitrogen and oxygen atoms in total. The van der Waals surface area contributed by atoms with Crippen LogP contribution in [0.5, 0.6) is 5.75 Å². The van der Waals surface area contributed by atoms with Gasteiger partial charge in [0.15, 0.2) is 0 Å². The van der Waals surface area contributed by atoms with Gasteiger partial charge in [0.05, 0.1) is 24.9 Å². The van der Waals surface area contributed by atoms with Gasteiger partial charge < -0.3 is 29.4 Å². The average molecular weight is 674 g/mol. The Morgan fingerprint density at radius 3 is 2.19 bits per heavy atom. The van der Waals surface area contributed by atoms with Gasteiger partial charge >= 0.3 is 19.3 Å². The number of hydrogen-bond donors (Lipinski definition) is 2. The fraction of sp³-hybridized carbons (Fsp3) is 0.412. The van der Waals surface area contributed by atoms with Crippen LogP contribution in [0.4, 0.5) is 27.6 Å². The highest BCUT2D eigenvalue weighted by molar-refractivity contribution is 6.63. The van der Waals surface area contributed by atoms with Crippen LogP contribution in [0.15, 0.2) is 54.6 Å². The first-order valence-corrected chi connectivity index (χ1v) is 15.4. The van der Waals surface area contributed by atoms with Gasteiger partial charge in [0.25, 0.3) is 5.91 Å². The molecule has 14 heteroatoms. The number of methoxy groups -OCH3 is 1. The van der Waals surface area contributed by atoms with E-state index in [2.05, 4.69) is 10.6 Å². The van der Waals surface area contributed by atoms with Gasteiger partial charge in [-0.15, -0.1) is 0 Å². The number of ether oxygens (including phenoxy) is 2. The van der Waals surface area contributed by atoms with Crippen molar-refractivity contribution in [3.05, 3.63) is 88.5 Å². The highest BCUT2D eigenvalue weighted by atomic mass is 19.4. The number of alkyl halides is 3. The molecule has 0 aromatic heterocycles. The van der Waals surface area contributed by atoms with Crippen LogP contribution in [0.1, 0.15) is 67.2 Å². The van der Waals surface area contributed by atoms with Crippen molar-refractivity contribution in [2.75, 3.05) is 19.0 Å². The third kappa shape index (κ3) is 7.14. The second kappa shape index (κ2) is 13.4. The Bertz CT molecular complexity index is 1650. The summed E-state index contributed by atoms with van der Waals surface area (Å²) < 4.78 is 95.3. The molecule has 2 N–H and O–H groups in total. The van der Waals surface area contributed by atoms with Crippen LogP contribution < -0.4 is 20.8 Å². The minimum absolute atomic E-state index is 0.110. The molecule has 2 heterocycles. The highest BCUT2D eigenvalue weighted by Gasteiger charge is 2.53. The molecule has 256 valence electrons. The minimum Gasteiger partial charge on any atom is -0.494 e. The molecule has 0 radical (unpaired) electrons. The van der Waals surface area contributed by atoms with Crippen LogP contribution in [0.3, 0.4) is 0 Å². The SMILES string of the molecule is COC(=O)[C@H](Cc1ccc(B2OC(C)(C)C(C)(C)O2)c2c1CCCO2)NC(=O)c1c(F)cc(N[C@H](c2ccccc2)C(F)(F)F)cc1F. The quantitative estimate of drug-likeness (QED) is 0.168. The third-order valence-electron chi connectivity index (χ3n) is 8.97. The van der Waals surface area contributed by atoms with E-state index < -0.39 is 71.3 Å². The van der Waals surface area contributed by atoms with Gasteiger partial charge in [0, 0.05) is 17.6 Å². The topological polar surface area (TPSA) is 95.1 Å². The molecule has 1 saturated heterocycles. The van der Waals surface area contributed by atoms with Crippen molar-refractivity contribution in [3.8, 4) is 5.75 Å². The molecule has 2 aliphatic rings. The van der Waals surface area contributed by atoms with Crippen LogP contribution >= 0.6 is 0 Å². The maximum absolute atomic E-state index is 15.2. The van der Waals surface area contributed by atoms with E-state index in [0.29, 0.717) is 48.4 Å². The van der Waals surface area contributed by atoms with Crippen molar-refractivity contribution in [2.45, 2.75) is 76.4 Å². The first-order chi connectivity index (χ1) is 22.5. The van der Waals surface area contributed by atoms with Crippen molar-refractivity contribution in [1.29, 1.82) is 0 Å². The lowest BCUT2D eigenvalue weighted by Gasteiger charge is -2.32. The largest absolute Gasteiger partial charge is 0.498 e. The molecule has 0 spiro atoms. The molecule has 5 rings (SSSR count). The van der Waals surface area contributed by atoms with Gasteiger partial charge in [0.2, 0.25) is 0 Å². The van der Waals surface area contributed by atoms with Crippen LogP contribution in [0.25, 0.3) is 0 Å². The number of fused-ring (bicyclic) bond motifs is 1. The number of hydrogen-bond acceptors (Lipinski definition) is 7. The second-order valence-electron chi connectivity index (χ2n) is 12.8.